The second-order valence-corrected chi connectivity index (χ2v) is 8.07. The molecule has 7 heteroatoms. The lowest BCUT2D eigenvalue weighted by atomic mass is 10.1. The Morgan fingerprint density at radius 2 is 1.57 bits per heavy atom. The lowest BCUT2D eigenvalue weighted by Gasteiger charge is -1.98. The van der Waals surface area contributed by atoms with Crippen molar-refractivity contribution in [1.29, 1.82) is 0 Å². The molecule has 0 radical (unpaired) electrons. The van der Waals surface area contributed by atoms with Crippen LogP contribution in [0.2, 0.25) is 10.0 Å². The zero-order valence-electron chi connectivity index (χ0n) is 14.0. The van der Waals surface area contributed by atoms with Gasteiger partial charge in [0.1, 0.15) is 0 Å². The Hall–Kier alpha value is -2.73. The molecule has 2 aromatic heterocycles. The maximum atomic E-state index is 12.6. The molecule has 4 aromatic rings. The second-order valence-electron chi connectivity index (χ2n) is 6.23. The number of thiophene rings is 1. The number of oxazole rings is 1. The Labute approximate surface area is 173 Å². The van der Waals surface area contributed by atoms with E-state index in [0.29, 0.717) is 10.4 Å². The van der Waals surface area contributed by atoms with Crippen LogP contribution in [0.15, 0.2) is 58.5 Å². The van der Waals surface area contributed by atoms with Gasteiger partial charge in [0.2, 0.25) is 5.89 Å². The number of halogens is 2. The fourth-order valence-electron chi connectivity index (χ4n) is 3.13. The van der Waals surface area contributed by atoms with Crippen molar-refractivity contribution in [2.75, 3.05) is 0 Å². The highest BCUT2D eigenvalue weighted by molar-refractivity contribution is 7.21. The number of hydrogen-bond acceptors (Lipinski definition) is 5. The van der Waals surface area contributed by atoms with Gasteiger partial charge in [0.25, 0.3) is 0 Å². The molecular weight excluding hydrogens is 417 g/mol. The van der Waals surface area contributed by atoms with Crippen LogP contribution in [0.4, 0.5) is 0 Å². The molecule has 0 saturated heterocycles. The normalized spacial score (nSPS) is 13.4. The highest BCUT2D eigenvalue weighted by Gasteiger charge is 2.34. The van der Waals surface area contributed by atoms with Gasteiger partial charge >= 0.3 is 0 Å². The molecular formula is C21H9Cl2NO3S. The van der Waals surface area contributed by atoms with Crippen LogP contribution in [0.3, 0.4) is 0 Å². The smallest absolute Gasteiger partial charge is 0.221 e. The third-order valence-corrected chi connectivity index (χ3v) is 6.25. The number of rotatable bonds is 2. The van der Waals surface area contributed by atoms with Crippen molar-refractivity contribution in [3.63, 3.8) is 0 Å². The molecule has 4 nitrogen and oxygen atoms in total. The molecule has 0 fully saturated rings. The monoisotopic (exact) mass is 425 g/mol. The number of hydrogen-bond donors (Lipinski definition) is 0. The maximum absolute atomic E-state index is 12.6. The minimum atomic E-state index is -0.412. The maximum Gasteiger partial charge on any atom is 0.221 e. The lowest BCUT2D eigenvalue weighted by molar-refractivity contribution is 0.0990. The number of carbonyl (C=O) groups excluding carboxylic acids is 2. The Balaban J connectivity index is 1.53. The minimum Gasteiger partial charge on any atom is -0.436 e. The van der Waals surface area contributed by atoms with Crippen LogP contribution in [-0.2, 0) is 0 Å². The summed E-state index contributed by atoms with van der Waals surface area (Å²) in [6.45, 7) is 0. The molecule has 28 heavy (non-hydrogen) atoms. The molecule has 0 unspecified atom stereocenters. The van der Waals surface area contributed by atoms with Gasteiger partial charge < -0.3 is 4.42 Å². The van der Waals surface area contributed by atoms with E-state index in [-0.39, 0.29) is 32.6 Å². The molecule has 136 valence electrons. The van der Waals surface area contributed by atoms with Gasteiger partial charge in [0, 0.05) is 28.1 Å². The van der Waals surface area contributed by atoms with Crippen molar-refractivity contribution in [2.45, 2.75) is 0 Å². The second kappa shape index (κ2) is 6.41. The molecule has 1 aliphatic carbocycles. The van der Waals surface area contributed by atoms with E-state index in [4.69, 9.17) is 27.6 Å². The Morgan fingerprint density at radius 1 is 0.929 bits per heavy atom. The highest BCUT2D eigenvalue weighted by atomic mass is 35.5. The number of benzene rings is 2. The van der Waals surface area contributed by atoms with Crippen molar-refractivity contribution in [3.8, 4) is 10.4 Å². The summed E-state index contributed by atoms with van der Waals surface area (Å²) in [6.07, 6.45) is 1.38. The van der Waals surface area contributed by atoms with Gasteiger partial charge in [-0.05, 0) is 17.7 Å². The first-order valence-corrected chi connectivity index (χ1v) is 9.84. The van der Waals surface area contributed by atoms with Crippen molar-refractivity contribution in [1.82, 2.24) is 4.98 Å². The molecule has 0 spiro atoms. The lowest BCUT2D eigenvalue weighted by Crippen LogP contribution is -2.00. The predicted molar refractivity (Wildman–Crippen MR) is 110 cm³/mol. The first kappa shape index (κ1) is 17.4. The largest absolute Gasteiger partial charge is 0.436 e. The summed E-state index contributed by atoms with van der Waals surface area (Å²) in [5, 5.41) is 0.459. The van der Waals surface area contributed by atoms with Crippen LogP contribution in [0, 0.1) is 0 Å². The van der Waals surface area contributed by atoms with Gasteiger partial charge in [0.15, 0.2) is 22.0 Å². The van der Waals surface area contributed by atoms with Gasteiger partial charge in [-0.1, -0.05) is 53.5 Å². The number of nitrogens with zero attached hydrogens (tertiary/aromatic N) is 1. The van der Waals surface area contributed by atoms with E-state index in [0.717, 1.165) is 10.4 Å². The van der Waals surface area contributed by atoms with E-state index in [1.54, 1.807) is 0 Å². The third kappa shape index (κ3) is 2.71. The van der Waals surface area contributed by atoms with E-state index < -0.39 is 11.6 Å². The van der Waals surface area contributed by atoms with E-state index in [1.807, 2.05) is 36.4 Å². The average molecular weight is 426 g/mol. The van der Waals surface area contributed by atoms with E-state index >= 15 is 0 Å². The van der Waals surface area contributed by atoms with E-state index in [1.165, 1.54) is 29.5 Å². The first-order chi connectivity index (χ1) is 13.5. The first-order valence-electron chi connectivity index (χ1n) is 8.27. The van der Waals surface area contributed by atoms with Gasteiger partial charge in [-0.25, -0.2) is 0 Å². The molecule has 2 aromatic carbocycles. The molecule has 0 aliphatic heterocycles. The molecule has 0 saturated carbocycles. The zero-order chi connectivity index (χ0) is 19.4. The average Bonchev–Trinajstić information content (AvgIpc) is 3.31. The molecule has 0 atom stereocenters. The van der Waals surface area contributed by atoms with Crippen molar-refractivity contribution in [2.24, 2.45) is 0 Å². The van der Waals surface area contributed by atoms with Crippen molar-refractivity contribution >= 4 is 62.6 Å². The van der Waals surface area contributed by atoms with Crippen LogP contribution in [0.25, 0.3) is 26.9 Å². The summed E-state index contributed by atoms with van der Waals surface area (Å²) in [4.78, 5) is 31.4. The van der Waals surface area contributed by atoms with Crippen LogP contribution in [0.5, 0.6) is 0 Å². The van der Waals surface area contributed by atoms with E-state index in [9.17, 15) is 9.59 Å². The Morgan fingerprint density at radius 3 is 2.18 bits per heavy atom. The topological polar surface area (TPSA) is 60.2 Å². The summed E-state index contributed by atoms with van der Waals surface area (Å²) in [6, 6.07) is 14.6. The molecule has 2 heterocycles. The number of fused-ring (bicyclic) bond motifs is 2. The Bertz CT molecular complexity index is 1240. The van der Waals surface area contributed by atoms with Gasteiger partial charge in [-0.15, -0.1) is 11.3 Å². The van der Waals surface area contributed by atoms with Gasteiger partial charge in [-0.2, -0.15) is 4.98 Å². The summed E-state index contributed by atoms with van der Waals surface area (Å²) >= 11 is 13.4. The summed E-state index contributed by atoms with van der Waals surface area (Å²) in [7, 11) is 0. The minimum absolute atomic E-state index is 0.00878. The van der Waals surface area contributed by atoms with Crippen LogP contribution < -0.4 is 0 Å². The SMILES string of the molecule is O=C1C(=Cc2nc3sc(-c4ccccc4)cc3o2)C(=O)c2cc(Cl)c(Cl)cc21. The number of allylic oxidation sites excluding steroid dienone is 1. The number of ketones is 2. The van der Waals surface area contributed by atoms with Crippen LogP contribution >= 0.6 is 34.5 Å². The molecule has 0 amide bonds. The number of carbonyl (C=O) groups is 2. The van der Waals surface area contributed by atoms with Crippen molar-refractivity contribution in [3.05, 3.63) is 81.2 Å². The molecule has 0 bridgehead atoms. The van der Waals surface area contributed by atoms with Crippen LogP contribution in [0.1, 0.15) is 26.6 Å². The molecule has 0 N–H and O–H groups in total. The van der Waals surface area contributed by atoms with Gasteiger partial charge in [-0.3, -0.25) is 9.59 Å². The number of Topliss-reactive ketones (excluding diaryl/α,β-unsaturated/α-hetero) is 2. The summed E-state index contributed by atoms with van der Waals surface area (Å²) in [5.41, 5.74) is 2.16. The summed E-state index contributed by atoms with van der Waals surface area (Å²) in [5.74, 6) is -0.613. The quantitative estimate of drug-likeness (QED) is 0.278. The Kier molecular flexibility index (Phi) is 3.98. The van der Waals surface area contributed by atoms with E-state index in [2.05, 4.69) is 4.98 Å². The fourth-order valence-corrected chi connectivity index (χ4v) is 4.42. The molecule has 5 rings (SSSR count). The highest BCUT2D eigenvalue weighted by Crippen LogP contribution is 2.36. The van der Waals surface area contributed by atoms with Crippen LogP contribution in [-0.4, -0.2) is 16.6 Å². The third-order valence-electron chi connectivity index (χ3n) is 4.47. The number of aromatic nitrogens is 1. The zero-order valence-corrected chi connectivity index (χ0v) is 16.4. The summed E-state index contributed by atoms with van der Waals surface area (Å²) < 4.78 is 5.74. The fraction of sp³-hybridized carbons (Fsp3) is 0. The standard InChI is InChI=1S/C21H9Cl2NO3S/c22-14-6-11-12(7-15(14)23)20(26)13(19(11)25)8-18-24-21-16(27-18)9-17(28-21)10-4-2-1-3-5-10/h1-9H. The predicted octanol–water partition coefficient (Wildman–Crippen LogP) is 6.33. The molecule has 1 aliphatic rings. The van der Waals surface area contributed by atoms with Crippen molar-refractivity contribution < 1.29 is 14.0 Å². The van der Waals surface area contributed by atoms with Gasteiger partial charge in [0.05, 0.1) is 15.6 Å².